The number of oxazole rings is 1. The second-order valence-corrected chi connectivity index (χ2v) is 6.82. The Hall–Kier alpha value is -2.12. The molecule has 7 heteroatoms. The second kappa shape index (κ2) is 7.63. The number of para-hydroxylation sites is 2. The summed E-state index contributed by atoms with van der Waals surface area (Å²) < 4.78 is 6.55. The Morgan fingerprint density at radius 3 is 2.75 bits per heavy atom. The highest BCUT2D eigenvalue weighted by Gasteiger charge is 2.08. The fraction of sp³-hybridized carbons (Fsp3) is 0.118. The van der Waals surface area contributed by atoms with Crippen LogP contribution >= 0.6 is 27.7 Å². The van der Waals surface area contributed by atoms with Crippen LogP contribution in [0.4, 0.5) is 0 Å². The van der Waals surface area contributed by atoms with Crippen molar-refractivity contribution in [1.29, 1.82) is 0 Å². The molecule has 0 aliphatic heterocycles. The summed E-state index contributed by atoms with van der Waals surface area (Å²) in [5.41, 5.74) is 5.73. The van der Waals surface area contributed by atoms with Crippen molar-refractivity contribution in [2.45, 2.75) is 12.1 Å². The highest BCUT2D eigenvalue weighted by atomic mass is 79.9. The van der Waals surface area contributed by atoms with Gasteiger partial charge in [-0.1, -0.05) is 52.0 Å². The average Bonchev–Trinajstić information content (AvgIpc) is 3.01. The number of hydrogen-bond acceptors (Lipinski definition) is 5. The number of carbonyl (C=O) groups excluding carboxylic acids is 1. The Bertz CT molecular complexity index is 857. The first kappa shape index (κ1) is 16.7. The van der Waals surface area contributed by atoms with Gasteiger partial charge in [0, 0.05) is 4.47 Å². The molecule has 0 fully saturated rings. The van der Waals surface area contributed by atoms with Crippen molar-refractivity contribution < 1.29 is 9.21 Å². The molecule has 3 aromatic rings. The molecule has 0 aliphatic rings. The van der Waals surface area contributed by atoms with E-state index in [0.29, 0.717) is 10.8 Å². The van der Waals surface area contributed by atoms with Crippen molar-refractivity contribution in [2.75, 3.05) is 5.75 Å². The van der Waals surface area contributed by atoms with Crippen molar-refractivity contribution in [2.24, 2.45) is 5.10 Å². The Balaban J connectivity index is 1.55. The van der Waals surface area contributed by atoms with Crippen molar-refractivity contribution in [3.8, 4) is 0 Å². The first-order chi connectivity index (χ1) is 11.6. The molecule has 0 radical (unpaired) electrons. The van der Waals surface area contributed by atoms with E-state index in [-0.39, 0.29) is 11.7 Å². The Labute approximate surface area is 151 Å². The van der Waals surface area contributed by atoms with Crippen LogP contribution < -0.4 is 5.43 Å². The zero-order valence-electron chi connectivity index (χ0n) is 12.8. The standard InChI is InChI=1S/C17H14BrN3O2S/c1-11(12-6-8-13(18)9-7-12)20-21-16(22)10-24-17-19-14-4-2-3-5-15(14)23-17/h2-9H,10H2,1H3,(H,21,22). The molecule has 0 unspecified atom stereocenters. The molecule has 0 bridgehead atoms. The maximum atomic E-state index is 11.9. The zero-order chi connectivity index (χ0) is 16.9. The fourth-order valence-corrected chi connectivity index (χ4v) is 2.87. The highest BCUT2D eigenvalue weighted by molar-refractivity contribution is 9.10. The summed E-state index contributed by atoms with van der Waals surface area (Å²) in [5, 5.41) is 4.59. The number of aromatic nitrogens is 1. The lowest BCUT2D eigenvalue weighted by Crippen LogP contribution is -2.21. The molecule has 3 rings (SSSR count). The lowest BCUT2D eigenvalue weighted by Gasteiger charge is -2.02. The van der Waals surface area contributed by atoms with E-state index >= 15 is 0 Å². The van der Waals surface area contributed by atoms with Gasteiger partial charge in [0.15, 0.2) is 5.58 Å². The third kappa shape index (κ3) is 4.24. The Kier molecular flexibility index (Phi) is 5.32. The molecular weight excluding hydrogens is 390 g/mol. The van der Waals surface area contributed by atoms with E-state index in [2.05, 4.69) is 31.4 Å². The maximum absolute atomic E-state index is 11.9. The summed E-state index contributed by atoms with van der Waals surface area (Å²) in [5.74, 6) is -0.0251. The minimum absolute atomic E-state index is 0.184. The van der Waals surface area contributed by atoms with Gasteiger partial charge in [-0.15, -0.1) is 0 Å². The first-order valence-electron chi connectivity index (χ1n) is 7.19. The molecule has 1 heterocycles. The van der Waals surface area contributed by atoms with Gasteiger partial charge in [-0.3, -0.25) is 4.79 Å². The van der Waals surface area contributed by atoms with E-state index in [1.807, 2.05) is 55.5 Å². The smallest absolute Gasteiger partial charge is 0.257 e. The minimum Gasteiger partial charge on any atom is -0.431 e. The normalized spacial score (nSPS) is 11.7. The number of rotatable bonds is 5. The summed E-state index contributed by atoms with van der Waals surface area (Å²) in [6.45, 7) is 1.84. The monoisotopic (exact) mass is 403 g/mol. The lowest BCUT2D eigenvalue weighted by atomic mass is 10.1. The van der Waals surface area contributed by atoms with Crippen molar-refractivity contribution >= 4 is 50.4 Å². The SMILES string of the molecule is CC(=NNC(=O)CSc1nc2ccccc2o1)c1ccc(Br)cc1. The number of nitrogens with one attached hydrogen (secondary N) is 1. The highest BCUT2D eigenvalue weighted by Crippen LogP contribution is 2.22. The van der Waals surface area contributed by atoms with Crippen LogP contribution in [0.5, 0.6) is 0 Å². The van der Waals surface area contributed by atoms with E-state index in [1.54, 1.807) is 0 Å². The van der Waals surface area contributed by atoms with E-state index in [9.17, 15) is 4.79 Å². The Morgan fingerprint density at radius 1 is 1.25 bits per heavy atom. The molecule has 5 nitrogen and oxygen atoms in total. The molecular formula is C17H14BrN3O2S. The van der Waals surface area contributed by atoms with Crippen molar-refractivity contribution in [1.82, 2.24) is 10.4 Å². The van der Waals surface area contributed by atoms with Crippen LogP contribution in [0.15, 0.2) is 67.7 Å². The summed E-state index contributed by atoms with van der Waals surface area (Å²) >= 11 is 4.62. The molecule has 0 saturated heterocycles. The third-order valence-corrected chi connectivity index (χ3v) is 4.57. The molecule has 0 aliphatic carbocycles. The van der Waals surface area contributed by atoms with Gasteiger partial charge in [-0.2, -0.15) is 5.10 Å². The topological polar surface area (TPSA) is 67.5 Å². The molecule has 0 saturated carbocycles. The number of halogens is 1. The number of hydrazone groups is 1. The molecule has 0 spiro atoms. The van der Waals surface area contributed by atoms with Crippen LogP contribution in [-0.4, -0.2) is 22.4 Å². The number of benzene rings is 2. The number of thioether (sulfide) groups is 1. The summed E-state index contributed by atoms with van der Waals surface area (Å²) in [4.78, 5) is 16.2. The maximum Gasteiger partial charge on any atom is 0.257 e. The number of fused-ring (bicyclic) bond motifs is 1. The molecule has 1 N–H and O–H groups in total. The van der Waals surface area contributed by atoms with Gasteiger partial charge >= 0.3 is 0 Å². The number of hydrogen-bond donors (Lipinski definition) is 1. The lowest BCUT2D eigenvalue weighted by molar-refractivity contribution is -0.118. The molecule has 2 aromatic carbocycles. The number of carbonyl (C=O) groups is 1. The van der Waals surface area contributed by atoms with E-state index in [4.69, 9.17) is 4.42 Å². The van der Waals surface area contributed by atoms with Crippen molar-refractivity contribution in [3.05, 3.63) is 58.6 Å². The second-order valence-electron chi connectivity index (χ2n) is 4.98. The van der Waals surface area contributed by atoms with Crippen LogP contribution in [0.25, 0.3) is 11.1 Å². The predicted octanol–water partition coefficient (Wildman–Crippen LogP) is 4.22. The van der Waals surface area contributed by atoms with E-state index in [0.717, 1.165) is 21.3 Å². The number of nitrogens with zero attached hydrogens (tertiary/aromatic N) is 2. The predicted molar refractivity (Wildman–Crippen MR) is 99.2 cm³/mol. The quantitative estimate of drug-likeness (QED) is 0.393. The van der Waals surface area contributed by atoms with Crippen LogP contribution in [0.3, 0.4) is 0 Å². The van der Waals surface area contributed by atoms with Gasteiger partial charge in [0.1, 0.15) is 5.52 Å². The van der Waals surface area contributed by atoms with E-state index in [1.165, 1.54) is 11.8 Å². The third-order valence-electron chi connectivity index (χ3n) is 3.21. The zero-order valence-corrected chi connectivity index (χ0v) is 15.2. The summed E-state index contributed by atoms with van der Waals surface area (Å²) in [6, 6.07) is 15.2. The van der Waals surface area contributed by atoms with Gasteiger partial charge in [-0.25, -0.2) is 10.4 Å². The summed E-state index contributed by atoms with van der Waals surface area (Å²) in [7, 11) is 0. The molecule has 1 aromatic heterocycles. The van der Waals surface area contributed by atoms with Crippen LogP contribution in [0.2, 0.25) is 0 Å². The largest absolute Gasteiger partial charge is 0.431 e. The first-order valence-corrected chi connectivity index (χ1v) is 8.97. The van der Waals surface area contributed by atoms with Crippen LogP contribution in [0, 0.1) is 0 Å². The van der Waals surface area contributed by atoms with Crippen LogP contribution in [-0.2, 0) is 4.79 Å². The van der Waals surface area contributed by atoms with Crippen molar-refractivity contribution in [3.63, 3.8) is 0 Å². The fourth-order valence-electron chi connectivity index (χ4n) is 1.97. The van der Waals surface area contributed by atoms with Gasteiger partial charge in [0.2, 0.25) is 0 Å². The average molecular weight is 404 g/mol. The van der Waals surface area contributed by atoms with Crippen LogP contribution in [0.1, 0.15) is 12.5 Å². The Morgan fingerprint density at radius 2 is 2.00 bits per heavy atom. The molecule has 0 atom stereocenters. The van der Waals surface area contributed by atoms with E-state index < -0.39 is 0 Å². The molecule has 1 amide bonds. The minimum atomic E-state index is -0.210. The van der Waals surface area contributed by atoms with Gasteiger partial charge < -0.3 is 4.42 Å². The molecule has 24 heavy (non-hydrogen) atoms. The summed E-state index contributed by atoms with van der Waals surface area (Å²) in [6.07, 6.45) is 0. The molecule has 122 valence electrons. The van der Waals surface area contributed by atoms with Gasteiger partial charge in [-0.05, 0) is 36.8 Å². The number of amides is 1. The van der Waals surface area contributed by atoms with Gasteiger partial charge in [0.05, 0.1) is 11.5 Å². The van der Waals surface area contributed by atoms with Gasteiger partial charge in [0.25, 0.3) is 11.1 Å².